The average molecular weight is 273 g/mol. The Kier molecular flexibility index (Phi) is 3.21. The van der Waals surface area contributed by atoms with Gasteiger partial charge in [-0.05, 0) is 44.4 Å². The second-order valence-electron chi connectivity index (χ2n) is 6.59. The Morgan fingerprint density at radius 3 is 2.70 bits per heavy atom. The Morgan fingerprint density at radius 1 is 1.35 bits per heavy atom. The number of nitrogens with two attached hydrogens (primary N) is 1. The molecular formula is C16H23N3O. The van der Waals surface area contributed by atoms with E-state index in [4.69, 9.17) is 5.73 Å². The molecule has 20 heavy (non-hydrogen) atoms. The van der Waals surface area contributed by atoms with Crippen LogP contribution < -0.4 is 5.73 Å². The summed E-state index contributed by atoms with van der Waals surface area (Å²) >= 11 is 0. The van der Waals surface area contributed by atoms with Crippen LogP contribution in [0.4, 0.5) is 5.95 Å². The number of imidazole rings is 1. The number of aliphatic hydroxyl groups is 1. The zero-order chi connectivity index (χ0) is 14.3. The number of benzene rings is 1. The van der Waals surface area contributed by atoms with Gasteiger partial charge in [0.25, 0.3) is 0 Å². The van der Waals surface area contributed by atoms with E-state index in [1.54, 1.807) is 0 Å². The van der Waals surface area contributed by atoms with Crippen LogP contribution in [-0.4, -0.2) is 20.3 Å². The molecule has 1 fully saturated rings. The summed E-state index contributed by atoms with van der Waals surface area (Å²) in [6.45, 7) is 3.64. The molecule has 0 aliphatic heterocycles. The number of hydrogen-bond acceptors (Lipinski definition) is 3. The van der Waals surface area contributed by atoms with Gasteiger partial charge in [-0.3, -0.25) is 0 Å². The lowest BCUT2D eigenvalue weighted by molar-refractivity contribution is 0.0810. The summed E-state index contributed by atoms with van der Waals surface area (Å²) in [5.41, 5.74) is 8.57. The molecule has 0 spiro atoms. The van der Waals surface area contributed by atoms with E-state index in [-0.39, 0.29) is 0 Å². The fraction of sp³-hybridized carbons (Fsp3) is 0.562. The van der Waals surface area contributed by atoms with Gasteiger partial charge in [0, 0.05) is 12.5 Å². The molecule has 3 rings (SSSR count). The van der Waals surface area contributed by atoms with Crippen LogP contribution in [0.3, 0.4) is 0 Å². The minimum Gasteiger partial charge on any atom is -0.390 e. The predicted octanol–water partition coefficient (Wildman–Crippen LogP) is 3.05. The van der Waals surface area contributed by atoms with Crippen molar-refractivity contribution < 1.29 is 5.11 Å². The van der Waals surface area contributed by atoms with Crippen LogP contribution in [0.5, 0.6) is 0 Å². The molecule has 0 unspecified atom stereocenters. The van der Waals surface area contributed by atoms with Crippen LogP contribution in [0.25, 0.3) is 11.0 Å². The fourth-order valence-electron chi connectivity index (χ4n) is 3.32. The molecule has 0 atom stereocenters. The predicted molar refractivity (Wildman–Crippen MR) is 81.7 cm³/mol. The highest BCUT2D eigenvalue weighted by Gasteiger charge is 2.22. The molecule has 1 saturated carbocycles. The summed E-state index contributed by atoms with van der Waals surface area (Å²) in [6, 6.07) is 6.72. The van der Waals surface area contributed by atoms with Gasteiger partial charge in [-0.25, -0.2) is 4.98 Å². The van der Waals surface area contributed by atoms with Crippen molar-refractivity contribution in [2.24, 2.45) is 0 Å². The van der Waals surface area contributed by atoms with E-state index in [1.165, 1.54) is 25.7 Å². The quantitative estimate of drug-likeness (QED) is 0.903. The maximum Gasteiger partial charge on any atom is 0.201 e. The van der Waals surface area contributed by atoms with Gasteiger partial charge in [-0.15, -0.1) is 0 Å². The molecule has 1 aliphatic rings. The van der Waals surface area contributed by atoms with Crippen molar-refractivity contribution in [3.05, 3.63) is 23.8 Å². The number of anilines is 1. The normalized spacial score (nSPS) is 17.1. The summed E-state index contributed by atoms with van der Waals surface area (Å²) in [7, 11) is 0. The average Bonchev–Trinajstić information content (AvgIpc) is 2.92. The van der Waals surface area contributed by atoms with Crippen LogP contribution in [0.2, 0.25) is 0 Å². The van der Waals surface area contributed by atoms with Gasteiger partial charge in [0.15, 0.2) is 0 Å². The van der Waals surface area contributed by atoms with Crippen molar-refractivity contribution in [1.29, 1.82) is 0 Å². The Hall–Kier alpha value is -1.55. The smallest absolute Gasteiger partial charge is 0.201 e. The van der Waals surface area contributed by atoms with Crippen molar-refractivity contribution in [3.63, 3.8) is 0 Å². The summed E-state index contributed by atoms with van der Waals surface area (Å²) in [5, 5.41) is 9.93. The lowest BCUT2D eigenvalue weighted by Gasteiger charge is -2.17. The van der Waals surface area contributed by atoms with E-state index in [0.717, 1.165) is 16.6 Å². The highest BCUT2D eigenvalue weighted by atomic mass is 16.3. The molecule has 1 heterocycles. The molecule has 2 aromatic rings. The van der Waals surface area contributed by atoms with Crippen molar-refractivity contribution in [2.75, 3.05) is 5.73 Å². The van der Waals surface area contributed by atoms with Crippen LogP contribution >= 0.6 is 0 Å². The zero-order valence-electron chi connectivity index (χ0n) is 12.3. The zero-order valence-corrected chi connectivity index (χ0v) is 12.3. The minimum atomic E-state index is -0.701. The van der Waals surface area contributed by atoms with Crippen LogP contribution in [0.15, 0.2) is 18.2 Å². The molecule has 1 aromatic carbocycles. The van der Waals surface area contributed by atoms with Gasteiger partial charge in [0.1, 0.15) is 0 Å². The molecule has 4 nitrogen and oxygen atoms in total. The Labute approximate surface area is 119 Å². The largest absolute Gasteiger partial charge is 0.390 e. The van der Waals surface area contributed by atoms with E-state index >= 15 is 0 Å². The molecule has 1 aromatic heterocycles. The minimum absolute atomic E-state index is 0.500. The lowest BCUT2D eigenvalue weighted by atomic mass is 9.98. The lowest BCUT2D eigenvalue weighted by Crippen LogP contribution is -2.21. The summed E-state index contributed by atoms with van der Waals surface area (Å²) in [4.78, 5) is 4.51. The maximum atomic E-state index is 9.93. The van der Waals surface area contributed by atoms with Crippen molar-refractivity contribution in [3.8, 4) is 0 Å². The summed E-state index contributed by atoms with van der Waals surface area (Å²) < 4.78 is 2.19. The SMILES string of the molecule is CC(C)(O)Cc1ccc2c(c1)nc(N)n2C1CCCC1. The Balaban J connectivity index is 2.00. The van der Waals surface area contributed by atoms with Gasteiger partial charge in [0.05, 0.1) is 16.6 Å². The number of rotatable bonds is 3. The monoisotopic (exact) mass is 273 g/mol. The topological polar surface area (TPSA) is 64.1 Å². The number of aromatic nitrogens is 2. The second-order valence-corrected chi connectivity index (χ2v) is 6.59. The van der Waals surface area contributed by atoms with E-state index in [0.29, 0.717) is 18.4 Å². The first kappa shape index (κ1) is 13.4. The van der Waals surface area contributed by atoms with E-state index in [1.807, 2.05) is 13.8 Å². The maximum absolute atomic E-state index is 9.93. The summed E-state index contributed by atoms with van der Waals surface area (Å²) in [5.74, 6) is 0.618. The molecular weight excluding hydrogens is 250 g/mol. The van der Waals surface area contributed by atoms with Crippen molar-refractivity contribution in [1.82, 2.24) is 9.55 Å². The van der Waals surface area contributed by atoms with E-state index < -0.39 is 5.60 Å². The van der Waals surface area contributed by atoms with Gasteiger partial charge in [0.2, 0.25) is 5.95 Å². The van der Waals surface area contributed by atoms with E-state index in [9.17, 15) is 5.11 Å². The van der Waals surface area contributed by atoms with Gasteiger partial charge < -0.3 is 15.4 Å². The first-order valence-electron chi connectivity index (χ1n) is 7.43. The number of hydrogen-bond donors (Lipinski definition) is 2. The number of nitrogen functional groups attached to an aromatic ring is 1. The summed E-state index contributed by atoms with van der Waals surface area (Å²) in [6.07, 6.45) is 5.57. The highest BCUT2D eigenvalue weighted by molar-refractivity contribution is 5.79. The second kappa shape index (κ2) is 4.77. The third-order valence-electron chi connectivity index (χ3n) is 4.11. The van der Waals surface area contributed by atoms with Crippen molar-refractivity contribution in [2.45, 2.75) is 57.6 Å². The van der Waals surface area contributed by atoms with Gasteiger partial charge in [-0.1, -0.05) is 18.9 Å². The molecule has 0 saturated heterocycles. The van der Waals surface area contributed by atoms with Crippen LogP contribution in [0.1, 0.15) is 51.1 Å². The van der Waals surface area contributed by atoms with E-state index in [2.05, 4.69) is 27.8 Å². The highest BCUT2D eigenvalue weighted by Crippen LogP contribution is 2.34. The first-order chi connectivity index (χ1) is 9.44. The van der Waals surface area contributed by atoms with Gasteiger partial charge >= 0.3 is 0 Å². The molecule has 3 N–H and O–H groups in total. The van der Waals surface area contributed by atoms with Gasteiger partial charge in [-0.2, -0.15) is 0 Å². The number of fused-ring (bicyclic) bond motifs is 1. The Morgan fingerprint density at radius 2 is 2.05 bits per heavy atom. The molecule has 4 heteroatoms. The molecule has 0 bridgehead atoms. The third-order valence-corrected chi connectivity index (χ3v) is 4.11. The number of nitrogens with zero attached hydrogens (tertiary/aromatic N) is 2. The molecule has 0 amide bonds. The van der Waals surface area contributed by atoms with Crippen molar-refractivity contribution >= 4 is 17.0 Å². The first-order valence-corrected chi connectivity index (χ1v) is 7.43. The van der Waals surface area contributed by atoms with Crippen LogP contribution in [-0.2, 0) is 6.42 Å². The Bertz CT molecular complexity index is 618. The fourth-order valence-corrected chi connectivity index (χ4v) is 3.32. The molecule has 1 aliphatic carbocycles. The molecule has 0 radical (unpaired) electrons. The van der Waals surface area contributed by atoms with Crippen LogP contribution in [0, 0.1) is 0 Å². The molecule has 108 valence electrons. The third kappa shape index (κ3) is 2.52. The standard InChI is InChI=1S/C16H23N3O/c1-16(2,20)10-11-7-8-14-13(9-11)18-15(17)19(14)12-5-3-4-6-12/h7-9,12,20H,3-6,10H2,1-2H3,(H2,17,18).